The van der Waals surface area contributed by atoms with E-state index in [1.807, 2.05) is 23.1 Å². The van der Waals surface area contributed by atoms with Crippen LogP contribution in [-0.2, 0) is 14.3 Å². The van der Waals surface area contributed by atoms with Crippen LogP contribution in [-0.4, -0.2) is 36.0 Å². The summed E-state index contributed by atoms with van der Waals surface area (Å²) in [7, 11) is 0. The molecular formula is C24H35NO3. The predicted octanol–water partition coefficient (Wildman–Crippen LogP) is 5.18. The number of carbonyl (C=O) groups excluding carboxylic acids is 2. The van der Waals surface area contributed by atoms with E-state index < -0.39 is 0 Å². The van der Waals surface area contributed by atoms with E-state index in [0.29, 0.717) is 25.0 Å². The number of esters is 1. The zero-order valence-electron chi connectivity index (χ0n) is 17.8. The van der Waals surface area contributed by atoms with Crippen LogP contribution < -0.4 is 0 Å². The Morgan fingerprint density at radius 1 is 1.18 bits per heavy atom. The molecule has 1 fully saturated rings. The second kappa shape index (κ2) is 11.0. The molecule has 0 aliphatic heterocycles. The lowest BCUT2D eigenvalue weighted by Crippen LogP contribution is -2.45. The first-order valence-corrected chi connectivity index (χ1v) is 10.7. The van der Waals surface area contributed by atoms with E-state index in [9.17, 15) is 9.59 Å². The number of carbonyl (C=O) groups is 2. The van der Waals surface area contributed by atoms with Gasteiger partial charge in [-0.1, -0.05) is 57.9 Å². The molecular weight excluding hydrogens is 350 g/mol. The van der Waals surface area contributed by atoms with E-state index in [2.05, 4.69) is 32.9 Å². The summed E-state index contributed by atoms with van der Waals surface area (Å²) < 4.78 is 5.05. The molecule has 1 aliphatic rings. The minimum atomic E-state index is -0.239. The molecule has 1 aromatic rings. The maximum absolute atomic E-state index is 13.0. The SMILES string of the molecule is CCOC(=O)CCN(C(=O)/C=C/c1ccc(C(C)C)cc1)C1CCCCC1C. The van der Waals surface area contributed by atoms with Gasteiger partial charge in [-0.25, -0.2) is 0 Å². The second-order valence-electron chi connectivity index (χ2n) is 8.07. The quantitative estimate of drug-likeness (QED) is 0.457. The molecule has 1 aliphatic carbocycles. The molecule has 1 saturated carbocycles. The highest BCUT2D eigenvalue weighted by molar-refractivity contribution is 5.92. The Bertz CT molecular complexity index is 663. The molecule has 0 radical (unpaired) electrons. The Hall–Kier alpha value is -2.10. The average Bonchev–Trinajstić information content (AvgIpc) is 2.68. The lowest BCUT2D eigenvalue weighted by atomic mass is 9.84. The average molecular weight is 386 g/mol. The molecule has 154 valence electrons. The molecule has 1 amide bonds. The van der Waals surface area contributed by atoms with Gasteiger partial charge in [0.25, 0.3) is 0 Å². The van der Waals surface area contributed by atoms with Crippen molar-refractivity contribution in [1.29, 1.82) is 0 Å². The molecule has 0 heterocycles. The smallest absolute Gasteiger partial charge is 0.307 e. The summed E-state index contributed by atoms with van der Waals surface area (Å²) in [5.74, 6) is 0.692. The number of hydrogen-bond acceptors (Lipinski definition) is 3. The standard InChI is InChI=1S/C24H35NO3/c1-5-28-24(27)16-17-25(22-9-7-6-8-19(22)4)23(26)15-12-20-10-13-21(14-11-20)18(2)3/h10-15,18-19,22H,5-9,16-17H2,1-4H3/b15-12+. The van der Waals surface area contributed by atoms with E-state index in [-0.39, 0.29) is 24.3 Å². The number of nitrogens with zero attached hydrogens (tertiary/aromatic N) is 1. The molecule has 0 spiro atoms. The Morgan fingerprint density at radius 3 is 2.46 bits per heavy atom. The first-order chi connectivity index (χ1) is 13.4. The third-order valence-corrected chi connectivity index (χ3v) is 5.63. The van der Waals surface area contributed by atoms with Crippen molar-refractivity contribution >= 4 is 18.0 Å². The van der Waals surface area contributed by atoms with Gasteiger partial charge in [-0.3, -0.25) is 9.59 Å². The summed E-state index contributed by atoms with van der Waals surface area (Å²) in [6.07, 6.45) is 8.27. The summed E-state index contributed by atoms with van der Waals surface area (Å²) in [4.78, 5) is 26.7. The molecule has 28 heavy (non-hydrogen) atoms. The lowest BCUT2D eigenvalue weighted by Gasteiger charge is -2.38. The minimum absolute atomic E-state index is 0.0176. The van der Waals surface area contributed by atoms with E-state index >= 15 is 0 Å². The fourth-order valence-corrected chi connectivity index (χ4v) is 3.90. The Balaban J connectivity index is 2.09. The van der Waals surface area contributed by atoms with Gasteiger partial charge in [0.15, 0.2) is 0 Å². The molecule has 4 nitrogen and oxygen atoms in total. The number of amides is 1. The van der Waals surface area contributed by atoms with Crippen LogP contribution in [0, 0.1) is 5.92 Å². The van der Waals surface area contributed by atoms with Gasteiger partial charge in [-0.15, -0.1) is 0 Å². The number of rotatable bonds is 8. The van der Waals surface area contributed by atoms with Crippen LogP contribution in [0.2, 0.25) is 0 Å². The first kappa shape index (κ1) is 22.2. The summed E-state index contributed by atoms with van der Waals surface area (Å²) in [6.45, 7) is 9.14. The third kappa shape index (κ3) is 6.50. The first-order valence-electron chi connectivity index (χ1n) is 10.7. The van der Waals surface area contributed by atoms with Crippen molar-refractivity contribution in [3.05, 3.63) is 41.5 Å². The number of hydrogen-bond donors (Lipinski definition) is 0. The van der Waals surface area contributed by atoms with Crippen molar-refractivity contribution in [2.75, 3.05) is 13.2 Å². The Morgan fingerprint density at radius 2 is 1.86 bits per heavy atom. The van der Waals surface area contributed by atoms with E-state index in [4.69, 9.17) is 4.74 Å². The van der Waals surface area contributed by atoms with Gasteiger partial charge in [-0.2, -0.15) is 0 Å². The zero-order valence-corrected chi connectivity index (χ0v) is 17.8. The maximum atomic E-state index is 13.0. The molecule has 2 rings (SSSR count). The van der Waals surface area contributed by atoms with Gasteiger partial charge in [0.1, 0.15) is 0 Å². The Labute approximate surface area is 170 Å². The van der Waals surface area contributed by atoms with Crippen LogP contribution in [0.4, 0.5) is 0 Å². The second-order valence-corrected chi connectivity index (χ2v) is 8.07. The van der Waals surface area contributed by atoms with Gasteiger partial charge in [0.2, 0.25) is 5.91 Å². The van der Waals surface area contributed by atoms with Crippen LogP contribution >= 0.6 is 0 Å². The molecule has 4 heteroatoms. The normalized spacial score (nSPS) is 19.8. The van der Waals surface area contributed by atoms with Crippen LogP contribution in [0.3, 0.4) is 0 Å². The van der Waals surface area contributed by atoms with Crippen molar-refractivity contribution < 1.29 is 14.3 Å². The van der Waals surface area contributed by atoms with Gasteiger partial charge in [-0.05, 0) is 48.8 Å². The number of ether oxygens (including phenoxy) is 1. The van der Waals surface area contributed by atoms with Gasteiger partial charge in [0, 0.05) is 18.7 Å². The van der Waals surface area contributed by atoms with Crippen LogP contribution in [0.1, 0.15) is 76.8 Å². The lowest BCUT2D eigenvalue weighted by molar-refractivity contribution is -0.144. The predicted molar refractivity (Wildman–Crippen MR) is 114 cm³/mol. The summed E-state index contributed by atoms with van der Waals surface area (Å²) in [5, 5.41) is 0. The molecule has 0 saturated heterocycles. The van der Waals surface area contributed by atoms with Crippen molar-refractivity contribution in [1.82, 2.24) is 4.90 Å². The van der Waals surface area contributed by atoms with E-state index in [0.717, 1.165) is 24.8 Å². The minimum Gasteiger partial charge on any atom is -0.466 e. The molecule has 2 unspecified atom stereocenters. The summed E-state index contributed by atoms with van der Waals surface area (Å²) in [5.41, 5.74) is 2.30. The van der Waals surface area contributed by atoms with Crippen LogP contribution in [0.5, 0.6) is 0 Å². The highest BCUT2D eigenvalue weighted by atomic mass is 16.5. The largest absolute Gasteiger partial charge is 0.466 e. The highest BCUT2D eigenvalue weighted by Crippen LogP contribution is 2.28. The molecule has 2 atom stereocenters. The van der Waals surface area contributed by atoms with Crippen molar-refractivity contribution in [2.45, 2.75) is 71.8 Å². The van der Waals surface area contributed by atoms with Crippen LogP contribution in [0.15, 0.2) is 30.3 Å². The maximum Gasteiger partial charge on any atom is 0.307 e. The highest BCUT2D eigenvalue weighted by Gasteiger charge is 2.29. The summed E-state index contributed by atoms with van der Waals surface area (Å²) >= 11 is 0. The fraction of sp³-hybridized carbons (Fsp3) is 0.583. The van der Waals surface area contributed by atoms with Gasteiger partial charge in [0.05, 0.1) is 13.0 Å². The van der Waals surface area contributed by atoms with Gasteiger partial charge < -0.3 is 9.64 Å². The van der Waals surface area contributed by atoms with Crippen LogP contribution in [0.25, 0.3) is 6.08 Å². The van der Waals surface area contributed by atoms with Gasteiger partial charge >= 0.3 is 5.97 Å². The van der Waals surface area contributed by atoms with Crippen molar-refractivity contribution in [3.8, 4) is 0 Å². The van der Waals surface area contributed by atoms with Crippen molar-refractivity contribution in [2.24, 2.45) is 5.92 Å². The van der Waals surface area contributed by atoms with E-state index in [1.165, 1.54) is 12.0 Å². The molecule has 0 aromatic heterocycles. The molecule has 0 N–H and O–H groups in total. The molecule has 1 aromatic carbocycles. The topological polar surface area (TPSA) is 46.6 Å². The Kier molecular flexibility index (Phi) is 8.75. The third-order valence-electron chi connectivity index (χ3n) is 5.63. The molecule has 0 bridgehead atoms. The van der Waals surface area contributed by atoms with Crippen molar-refractivity contribution in [3.63, 3.8) is 0 Å². The monoisotopic (exact) mass is 385 g/mol. The number of benzene rings is 1. The van der Waals surface area contributed by atoms with E-state index in [1.54, 1.807) is 13.0 Å². The zero-order chi connectivity index (χ0) is 20.5. The fourth-order valence-electron chi connectivity index (χ4n) is 3.90. The summed E-state index contributed by atoms with van der Waals surface area (Å²) in [6, 6.07) is 8.51.